The predicted molar refractivity (Wildman–Crippen MR) is 102 cm³/mol. The molecule has 25 heavy (non-hydrogen) atoms. The summed E-state index contributed by atoms with van der Waals surface area (Å²) in [6.07, 6.45) is 0. The third-order valence-electron chi connectivity index (χ3n) is 3.23. The Kier molecular flexibility index (Phi) is 4.77. The number of hydrogen-bond acceptors (Lipinski definition) is 9. The number of rotatable bonds is 6. The van der Waals surface area contributed by atoms with Gasteiger partial charge in [0, 0.05) is 5.69 Å². The molecule has 0 spiro atoms. The molecule has 126 valence electrons. The van der Waals surface area contributed by atoms with Gasteiger partial charge in [0.1, 0.15) is 0 Å². The SMILES string of the molecule is C[C@@H](Sc1nnc(Nc2ccccc2)s1)c1nnc(-c2cccs2)o1. The van der Waals surface area contributed by atoms with Crippen LogP contribution in [0.15, 0.2) is 56.6 Å². The molecule has 4 rings (SSSR count). The van der Waals surface area contributed by atoms with Gasteiger partial charge in [0.25, 0.3) is 5.89 Å². The molecule has 1 aromatic carbocycles. The second-order valence-corrected chi connectivity index (χ2v) is 8.56. The molecule has 0 fully saturated rings. The number of nitrogens with one attached hydrogen (secondary N) is 1. The molecule has 0 saturated heterocycles. The molecule has 4 aromatic rings. The minimum Gasteiger partial charge on any atom is -0.419 e. The molecule has 0 radical (unpaired) electrons. The Bertz CT molecular complexity index is 936. The second kappa shape index (κ2) is 7.34. The maximum absolute atomic E-state index is 5.77. The van der Waals surface area contributed by atoms with Gasteiger partial charge in [0.15, 0.2) is 4.34 Å². The van der Waals surface area contributed by atoms with Gasteiger partial charge >= 0.3 is 0 Å². The summed E-state index contributed by atoms with van der Waals surface area (Å²) >= 11 is 4.63. The zero-order valence-corrected chi connectivity index (χ0v) is 15.6. The van der Waals surface area contributed by atoms with Crippen molar-refractivity contribution >= 4 is 45.3 Å². The second-order valence-electron chi connectivity index (χ2n) is 5.05. The van der Waals surface area contributed by atoms with Crippen molar-refractivity contribution in [3.8, 4) is 10.8 Å². The zero-order chi connectivity index (χ0) is 17.1. The molecule has 1 atom stereocenters. The van der Waals surface area contributed by atoms with Crippen LogP contribution in [0.25, 0.3) is 10.8 Å². The van der Waals surface area contributed by atoms with Crippen LogP contribution in [0.4, 0.5) is 10.8 Å². The standard InChI is InChI=1S/C16H13N5OS3/c1-10(13-18-19-14(22-13)12-8-5-9-23-12)24-16-21-20-15(25-16)17-11-6-3-2-4-7-11/h2-10H,1H3,(H,17,20)/t10-/m1/s1. The van der Waals surface area contributed by atoms with Gasteiger partial charge in [-0.2, -0.15) is 0 Å². The van der Waals surface area contributed by atoms with Crippen molar-refractivity contribution in [2.24, 2.45) is 0 Å². The molecule has 0 aliphatic heterocycles. The molecular weight excluding hydrogens is 374 g/mol. The minimum atomic E-state index is -0.00117. The average Bonchev–Trinajstić information content (AvgIpc) is 3.37. The number of nitrogens with zero attached hydrogens (tertiary/aromatic N) is 4. The lowest BCUT2D eigenvalue weighted by Crippen LogP contribution is -1.88. The summed E-state index contributed by atoms with van der Waals surface area (Å²) in [4.78, 5) is 0.973. The van der Waals surface area contributed by atoms with E-state index in [0.717, 1.165) is 20.0 Å². The van der Waals surface area contributed by atoms with E-state index in [2.05, 4.69) is 25.7 Å². The zero-order valence-electron chi connectivity index (χ0n) is 13.1. The monoisotopic (exact) mass is 387 g/mol. The van der Waals surface area contributed by atoms with Crippen LogP contribution < -0.4 is 5.32 Å². The Morgan fingerprint density at radius 3 is 2.72 bits per heavy atom. The van der Waals surface area contributed by atoms with Gasteiger partial charge in [-0.15, -0.1) is 31.7 Å². The lowest BCUT2D eigenvalue weighted by molar-refractivity contribution is 0.510. The van der Waals surface area contributed by atoms with E-state index in [1.807, 2.05) is 54.8 Å². The molecule has 0 unspecified atom stereocenters. The number of hydrogen-bond donors (Lipinski definition) is 1. The molecular formula is C16H13N5OS3. The molecule has 0 aliphatic rings. The van der Waals surface area contributed by atoms with Gasteiger partial charge in [-0.1, -0.05) is 47.4 Å². The average molecular weight is 388 g/mol. The number of thioether (sulfide) groups is 1. The van der Waals surface area contributed by atoms with Crippen molar-refractivity contribution in [1.82, 2.24) is 20.4 Å². The third kappa shape index (κ3) is 3.89. The summed E-state index contributed by atoms with van der Waals surface area (Å²) in [6, 6.07) is 13.8. The number of aromatic nitrogens is 4. The first-order chi connectivity index (χ1) is 12.3. The maximum atomic E-state index is 5.77. The van der Waals surface area contributed by atoms with Gasteiger partial charge in [-0.25, -0.2) is 0 Å². The van der Waals surface area contributed by atoms with Gasteiger partial charge < -0.3 is 9.73 Å². The van der Waals surface area contributed by atoms with Crippen LogP contribution in [0.3, 0.4) is 0 Å². The molecule has 1 N–H and O–H groups in total. The van der Waals surface area contributed by atoms with E-state index >= 15 is 0 Å². The number of benzene rings is 1. The van der Waals surface area contributed by atoms with E-state index in [1.54, 1.807) is 23.1 Å². The summed E-state index contributed by atoms with van der Waals surface area (Å²) in [7, 11) is 0. The summed E-state index contributed by atoms with van der Waals surface area (Å²) in [5.74, 6) is 1.14. The Morgan fingerprint density at radius 1 is 1.04 bits per heavy atom. The van der Waals surface area contributed by atoms with E-state index < -0.39 is 0 Å². The molecule has 0 bridgehead atoms. The fourth-order valence-electron chi connectivity index (χ4n) is 2.05. The first-order valence-corrected chi connectivity index (χ1v) is 10.0. The normalized spacial score (nSPS) is 12.2. The fourth-order valence-corrected chi connectivity index (χ4v) is 4.64. The first-order valence-electron chi connectivity index (χ1n) is 7.47. The third-order valence-corrected chi connectivity index (χ3v) is 6.10. The topological polar surface area (TPSA) is 76.7 Å². The Hall–Kier alpha value is -2.23. The van der Waals surface area contributed by atoms with Crippen LogP contribution in [0.1, 0.15) is 18.1 Å². The van der Waals surface area contributed by atoms with Crippen molar-refractivity contribution in [3.05, 3.63) is 53.7 Å². The molecule has 0 saturated carbocycles. The van der Waals surface area contributed by atoms with Crippen molar-refractivity contribution in [2.45, 2.75) is 16.5 Å². The van der Waals surface area contributed by atoms with Crippen LogP contribution in [0.2, 0.25) is 0 Å². The Balaban J connectivity index is 1.42. The lowest BCUT2D eigenvalue weighted by atomic mass is 10.3. The smallest absolute Gasteiger partial charge is 0.257 e. The highest BCUT2D eigenvalue weighted by Gasteiger charge is 2.18. The highest BCUT2D eigenvalue weighted by molar-refractivity contribution is 8.01. The van der Waals surface area contributed by atoms with Crippen molar-refractivity contribution in [2.75, 3.05) is 5.32 Å². The molecule has 0 amide bonds. The van der Waals surface area contributed by atoms with E-state index in [9.17, 15) is 0 Å². The highest BCUT2D eigenvalue weighted by Crippen LogP contribution is 2.38. The predicted octanol–water partition coefficient (Wildman–Crippen LogP) is 5.25. The summed E-state index contributed by atoms with van der Waals surface area (Å²) < 4.78 is 6.62. The van der Waals surface area contributed by atoms with Gasteiger partial charge in [-0.3, -0.25) is 0 Å². The Morgan fingerprint density at radius 2 is 1.92 bits per heavy atom. The molecule has 3 aromatic heterocycles. The number of thiophene rings is 1. The molecule has 6 nitrogen and oxygen atoms in total. The van der Waals surface area contributed by atoms with E-state index in [4.69, 9.17) is 4.42 Å². The van der Waals surface area contributed by atoms with Crippen LogP contribution >= 0.6 is 34.4 Å². The van der Waals surface area contributed by atoms with E-state index in [1.165, 1.54) is 11.3 Å². The van der Waals surface area contributed by atoms with Crippen LogP contribution in [0.5, 0.6) is 0 Å². The fraction of sp³-hybridized carbons (Fsp3) is 0.125. The Labute approximate surface area is 156 Å². The van der Waals surface area contributed by atoms with Gasteiger partial charge in [0.2, 0.25) is 11.0 Å². The lowest BCUT2D eigenvalue weighted by Gasteiger charge is -2.02. The largest absolute Gasteiger partial charge is 0.419 e. The number of para-hydroxylation sites is 1. The van der Waals surface area contributed by atoms with Crippen LogP contribution in [-0.2, 0) is 0 Å². The summed E-state index contributed by atoms with van der Waals surface area (Å²) in [5, 5.41) is 22.6. The quantitative estimate of drug-likeness (QED) is 0.453. The van der Waals surface area contributed by atoms with Crippen LogP contribution in [-0.4, -0.2) is 20.4 Å². The number of anilines is 2. The van der Waals surface area contributed by atoms with Gasteiger partial charge in [0.05, 0.1) is 10.1 Å². The first kappa shape index (κ1) is 16.2. The van der Waals surface area contributed by atoms with Crippen molar-refractivity contribution in [1.29, 1.82) is 0 Å². The maximum Gasteiger partial charge on any atom is 0.257 e. The summed E-state index contributed by atoms with van der Waals surface area (Å²) in [5.41, 5.74) is 0.987. The van der Waals surface area contributed by atoms with Crippen LogP contribution in [0, 0.1) is 0 Å². The van der Waals surface area contributed by atoms with Crippen molar-refractivity contribution in [3.63, 3.8) is 0 Å². The molecule has 0 aliphatic carbocycles. The molecule has 9 heteroatoms. The van der Waals surface area contributed by atoms with Gasteiger partial charge in [-0.05, 0) is 30.5 Å². The minimum absolute atomic E-state index is 0.00117. The van der Waals surface area contributed by atoms with E-state index in [-0.39, 0.29) is 5.25 Å². The van der Waals surface area contributed by atoms with Crippen molar-refractivity contribution < 1.29 is 4.42 Å². The van der Waals surface area contributed by atoms with E-state index in [0.29, 0.717) is 11.8 Å². The highest BCUT2D eigenvalue weighted by atomic mass is 32.2. The summed E-state index contributed by atoms with van der Waals surface area (Å²) in [6.45, 7) is 2.02. The molecule has 3 heterocycles.